The summed E-state index contributed by atoms with van der Waals surface area (Å²) in [5.74, 6) is -0.180. The first-order valence-corrected chi connectivity index (χ1v) is 5.81. The Labute approximate surface area is 103 Å². The number of hydrogen-bond donors (Lipinski definition) is 2. The van der Waals surface area contributed by atoms with Crippen LogP contribution in [0.25, 0.3) is 0 Å². The van der Waals surface area contributed by atoms with Crippen molar-refractivity contribution in [1.82, 2.24) is 10.2 Å². The lowest BCUT2D eigenvalue weighted by Crippen LogP contribution is -2.46. The van der Waals surface area contributed by atoms with Crippen LogP contribution in [-0.2, 0) is 9.59 Å². The van der Waals surface area contributed by atoms with Crippen LogP contribution < -0.4 is 11.1 Å². The van der Waals surface area contributed by atoms with Gasteiger partial charge in [0.2, 0.25) is 5.91 Å². The van der Waals surface area contributed by atoms with Crippen molar-refractivity contribution < 1.29 is 9.59 Å². The SMILES string of the molecule is C=CCN(C)C(CCCN)C(=O)NCC(C)=O. The fourth-order valence-corrected chi connectivity index (χ4v) is 1.52. The van der Waals surface area contributed by atoms with Crippen molar-refractivity contribution in [3.05, 3.63) is 12.7 Å². The molecule has 5 nitrogen and oxygen atoms in total. The van der Waals surface area contributed by atoms with Crippen molar-refractivity contribution in [2.45, 2.75) is 25.8 Å². The van der Waals surface area contributed by atoms with Crippen molar-refractivity contribution in [2.75, 3.05) is 26.7 Å². The third-order valence-corrected chi connectivity index (χ3v) is 2.45. The molecule has 0 saturated heterocycles. The minimum atomic E-state index is -0.254. The lowest BCUT2D eigenvalue weighted by atomic mass is 10.1. The molecule has 1 atom stereocenters. The summed E-state index contributed by atoms with van der Waals surface area (Å²) in [5.41, 5.74) is 5.45. The Morgan fingerprint density at radius 3 is 2.65 bits per heavy atom. The van der Waals surface area contributed by atoms with Crippen molar-refractivity contribution in [2.24, 2.45) is 5.73 Å². The average molecular weight is 241 g/mol. The summed E-state index contributed by atoms with van der Waals surface area (Å²) in [7, 11) is 1.86. The summed E-state index contributed by atoms with van der Waals surface area (Å²) >= 11 is 0. The van der Waals surface area contributed by atoms with Gasteiger partial charge in [-0.05, 0) is 33.4 Å². The Morgan fingerprint density at radius 1 is 1.53 bits per heavy atom. The van der Waals surface area contributed by atoms with Crippen LogP contribution in [0.3, 0.4) is 0 Å². The van der Waals surface area contributed by atoms with E-state index in [0.29, 0.717) is 19.5 Å². The minimum absolute atomic E-state index is 0.0534. The molecule has 0 heterocycles. The molecule has 17 heavy (non-hydrogen) atoms. The van der Waals surface area contributed by atoms with Gasteiger partial charge in [0.25, 0.3) is 0 Å². The fraction of sp³-hybridized carbons (Fsp3) is 0.667. The van der Waals surface area contributed by atoms with E-state index < -0.39 is 0 Å². The van der Waals surface area contributed by atoms with Gasteiger partial charge in [-0.15, -0.1) is 6.58 Å². The second-order valence-corrected chi connectivity index (χ2v) is 4.09. The maximum atomic E-state index is 11.9. The zero-order valence-corrected chi connectivity index (χ0v) is 10.7. The summed E-state index contributed by atoms with van der Waals surface area (Å²) in [6.07, 6.45) is 3.21. The highest BCUT2D eigenvalue weighted by molar-refractivity contribution is 5.87. The smallest absolute Gasteiger partial charge is 0.237 e. The number of nitrogens with one attached hydrogen (secondary N) is 1. The summed E-state index contributed by atoms with van der Waals surface area (Å²) < 4.78 is 0. The first-order chi connectivity index (χ1) is 8.02. The number of carbonyl (C=O) groups excluding carboxylic acids is 2. The van der Waals surface area contributed by atoms with E-state index >= 15 is 0 Å². The number of likely N-dealkylation sites (N-methyl/N-ethyl adjacent to an activating group) is 1. The van der Waals surface area contributed by atoms with E-state index in [1.54, 1.807) is 6.08 Å². The molecule has 0 fully saturated rings. The van der Waals surface area contributed by atoms with Crippen LogP contribution in [0.4, 0.5) is 0 Å². The largest absolute Gasteiger partial charge is 0.348 e. The van der Waals surface area contributed by atoms with E-state index in [1.165, 1.54) is 6.92 Å². The summed E-state index contributed by atoms with van der Waals surface area (Å²) in [5, 5.41) is 2.63. The van der Waals surface area contributed by atoms with E-state index in [4.69, 9.17) is 5.73 Å². The molecular weight excluding hydrogens is 218 g/mol. The van der Waals surface area contributed by atoms with Crippen LogP contribution in [0, 0.1) is 0 Å². The second kappa shape index (κ2) is 8.90. The van der Waals surface area contributed by atoms with E-state index in [0.717, 1.165) is 6.42 Å². The van der Waals surface area contributed by atoms with E-state index in [1.807, 2.05) is 11.9 Å². The molecule has 3 N–H and O–H groups in total. The van der Waals surface area contributed by atoms with Crippen LogP contribution in [0.2, 0.25) is 0 Å². The maximum absolute atomic E-state index is 11.9. The maximum Gasteiger partial charge on any atom is 0.237 e. The molecule has 98 valence electrons. The number of ketones is 1. The van der Waals surface area contributed by atoms with E-state index in [2.05, 4.69) is 11.9 Å². The third-order valence-electron chi connectivity index (χ3n) is 2.45. The number of rotatable bonds is 9. The number of Topliss-reactive ketones (excluding diaryl/α,β-unsaturated/α-hetero) is 1. The highest BCUT2D eigenvalue weighted by atomic mass is 16.2. The zero-order valence-electron chi connectivity index (χ0n) is 10.7. The molecule has 0 rings (SSSR count). The quantitative estimate of drug-likeness (QED) is 0.554. The predicted octanol–water partition coefficient (Wildman–Crippen LogP) is -0.0831. The number of carbonyl (C=O) groups is 2. The number of hydrogen-bond acceptors (Lipinski definition) is 4. The van der Waals surface area contributed by atoms with Gasteiger partial charge >= 0.3 is 0 Å². The van der Waals surface area contributed by atoms with Gasteiger partial charge in [0.15, 0.2) is 0 Å². The number of nitrogens with zero attached hydrogens (tertiary/aromatic N) is 1. The van der Waals surface area contributed by atoms with Gasteiger partial charge in [0.1, 0.15) is 5.78 Å². The van der Waals surface area contributed by atoms with Gasteiger partial charge in [-0.3, -0.25) is 14.5 Å². The molecule has 5 heteroatoms. The summed E-state index contributed by atoms with van der Waals surface area (Å²) in [4.78, 5) is 24.6. The second-order valence-electron chi connectivity index (χ2n) is 4.09. The Morgan fingerprint density at radius 2 is 2.18 bits per heavy atom. The van der Waals surface area contributed by atoms with Gasteiger partial charge in [0, 0.05) is 6.54 Å². The van der Waals surface area contributed by atoms with Crippen molar-refractivity contribution in [3.63, 3.8) is 0 Å². The summed E-state index contributed by atoms with van der Waals surface area (Å²) in [6.45, 7) is 6.36. The Hall–Kier alpha value is -1.20. The first kappa shape index (κ1) is 15.8. The molecule has 0 aliphatic carbocycles. The zero-order chi connectivity index (χ0) is 13.3. The number of nitrogens with two attached hydrogens (primary N) is 1. The lowest BCUT2D eigenvalue weighted by Gasteiger charge is -2.25. The molecule has 0 aromatic rings. The standard InChI is InChI=1S/C12H23N3O2/c1-4-8-15(3)11(6-5-7-13)12(17)14-9-10(2)16/h4,11H,1,5-9,13H2,2-3H3,(H,14,17). The normalized spacial score (nSPS) is 12.2. The molecule has 0 aliphatic rings. The Balaban J connectivity index is 4.37. The Bertz CT molecular complexity index is 266. The summed E-state index contributed by atoms with van der Waals surface area (Å²) in [6, 6.07) is -0.254. The fourth-order valence-electron chi connectivity index (χ4n) is 1.52. The molecule has 1 unspecified atom stereocenters. The molecule has 1 amide bonds. The third kappa shape index (κ3) is 6.86. The van der Waals surface area contributed by atoms with Crippen LogP contribution >= 0.6 is 0 Å². The number of amides is 1. The van der Waals surface area contributed by atoms with Gasteiger partial charge < -0.3 is 11.1 Å². The molecule has 0 spiro atoms. The molecular formula is C12H23N3O2. The van der Waals surface area contributed by atoms with Gasteiger partial charge in [-0.1, -0.05) is 6.08 Å². The molecule has 0 aromatic heterocycles. The molecule has 0 aliphatic heterocycles. The van der Waals surface area contributed by atoms with Crippen LogP contribution in [0.15, 0.2) is 12.7 Å². The van der Waals surface area contributed by atoms with Crippen LogP contribution in [0.1, 0.15) is 19.8 Å². The Kier molecular flexibility index (Phi) is 8.27. The van der Waals surface area contributed by atoms with Crippen molar-refractivity contribution in [1.29, 1.82) is 0 Å². The monoisotopic (exact) mass is 241 g/mol. The first-order valence-electron chi connectivity index (χ1n) is 5.81. The molecule has 0 bridgehead atoms. The van der Waals surface area contributed by atoms with Crippen LogP contribution in [-0.4, -0.2) is 49.3 Å². The molecule has 0 saturated carbocycles. The predicted molar refractivity (Wildman–Crippen MR) is 68.6 cm³/mol. The highest BCUT2D eigenvalue weighted by Gasteiger charge is 2.21. The van der Waals surface area contributed by atoms with Gasteiger partial charge in [-0.25, -0.2) is 0 Å². The lowest BCUT2D eigenvalue weighted by molar-refractivity contribution is -0.128. The average Bonchev–Trinajstić information content (AvgIpc) is 2.27. The van der Waals surface area contributed by atoms with E-state index in [9.17, 15) is 9.59 Å². The van der Waals surface area contributed by atoms with Crippen LogP contribution in [0.5, 0.6) is 0 Å². The topological polar surface area (TPSA) is 75.4 Å². The van der Waals surface area contributed by atoms with Crippen molar-refractivity contribution in [3.8, 4) is 0 Å². The van der Waals surface area contributed by atoms with E-state index in [-0.39, 0.29) is 24.3 Å². The van der Waals surface area contributed by atoms with Crippen molar-refractivity contribution >= 4 is 11.7 Å². The molecule has 0 aromatic carbocycles. The highest BCUT2D eigenvalue weighted by Crippen LogP contribution is 2.05. The minimum Gasteiger partial charge on any atom is -0.348 e. The van der Waals surface area contributed by atoms with Gasteiger partial charge in [0.05, 0.1) is 12.6 Å². The van der Waals surface area contributed by atoms with Gasteiger partial charge in [-0.2, -0.15) is 0 Å². The molecule has 0 radical (unpaired) electrons.